The van der Waals surface area contributed by atoms with E-state index >= 15 is 0 Å². The largest absolute Gasteiger partial charge is 0.342 e. The maximum atomic E-state index is 13.2. The summed E-state index contributed by atoms with van der Waals surface area (Å²) in [5.74, 6) is 0.599. The molecule has 1 aliphatic heterocycles. The number of nitrogens with two attached hydrogens (primary N) is 1. The minimum atomic E-state index is -0.313. The highest BCUT2D eigenvalue weighted by Gasteiger charge is 2.52. The quantitative estimate of drug-likeness (QED) is 0.428. The molecule has 10 heteroatoms. The highest BCUT2D eigenvalue weighted by molar-refractivity contribution is 7.03. The van der Waals surface area contributed by atoms with Gasteiger partial charge in [0.2, 0.25) is 5.95 Å². The third-order valence-electron chi connectivity index (χ3n) is 8.12. The number of nitrogens with zero attached hydrogens (tertiary/aromatic N) is 5. The number of anilines is 1. The van der Waals surface area contributed by atoms with Gasteiger partial charge in [-0.25, -0.2) is 0 Å². The molecule has 3 aromatic heterocycles. The molecular weight excluding hydrogens is 436 g/mol. The van der Waals surface area contributed by atoms with Gasteiger partial charge >= 0.3 is 0 Å². The average Bonchev–Trinajstić information content (AvgIpc) is 3.17. The molecule has 4 heterocycles. The van der Waals surface area contributed by atoms with Gasteiger partial charge < -0.3 is 10.6 Å². The minimum Gasteiger partial charge on any atom is -0.342 e. The number of aromatic nitrogens is 6. The SMILES string of the molecule is N[C@@H]1c2ccccc2CC12CCN(c1nc3[nH]nc(C4(c5csnn5)CC4)c3c(=O)[nH]1)CC2. The molecule has 4 aromatic rings. The fourth-order valence-electron chi connectivity index (χ4n) is 6.00. The molecule has 4 N–H and O–H groups in total. The van der Waals surface area contributed by atoms with Crippen molar-refractivity contribution >= 4 is 28.5 Å². The number of fused-ring (bicyclic) bond motifs is 2. The minimum absolute atomic E-state index is 0.0652. The first-order chi connectivity index (χ1) is 16.1. The topological polar surface area (TPSA) is 129 Å². The second-order valence-electron chi connectivity index (χ2n) is 9.76. The van der Waals surface area contributed by atoms with E-state index in [9.17, 15) is 4.79 Å². The van der Waals surface area contributed by atoms with Crippen molar-refractivity contribution in [2.24, 2.45) is 11.1 Å². The molecule has 2 fully saturated rings. The second-order valence-corrected chi connectivity index (χ2v) is 10.4. The molecule has 1 aromatic carbocycles. The van der Waals surface area contributed by atoms with Crippen LogP contribution in [0.2, 0.25) is 0 Å². The third-order valence-corrected chi connectivity index (χ3v) is 8.63. The highest BCUT2D eigenvalue weighted by Crippen LogP contribution is 2.53. The van der Waals surface area contributed by atoms with Crippen molar-refractivity contribution in [2.45, 2.75) is 43.6 Å². The van der Waals surface area contributed by atoms with Gasteiger partial charge in [-0.1, -0.05) is 28.8 Å². The standard InChI is InChI=1S/C23H24N8OS/c24-17-14-4-2-1-3-13(14)11-22(17)7-9-31(10-8-22)21-25-19-16(20(32)26-21)18(28-29-19)23(5-6-23)15-12-33-30-27-15/h1-4,12,17H,5-11,24H2,(H2,25,26,28,29,32)/t17-/m1/s1. The summed E-state index contributed by atoms with van der Waals surface area (Å²) in [6, 6.07) is 8.60. The molecule has 168 valence electrons. The Kier molecular flexibility index (Phi) is 3.94. The Morgan fingerprint density at radius 3 is 2.70 bits per heavy atom. The zero-order valence-electron chi connectivity index (χ0n) is 18.0. The third kappa shape index (κ3) is 2.70. The smallest absolute Gasteiger partial charge is 0.263 e. The summed E-state index contributed by atoms with van der Waals surface area (Å²) in [7, 11) is 0. The number of piperidine rings is 1. The first-order valence-electron chi connectivity index (χ1n) is 11.4. The second kappa shape index (κ2) is 6.71. The summed E-state index contributed by atoms with van der Waals surface area (Å²) in [5, 5.41) is 14.3. The molecule has 3 aliphatic rings. The molecule has 33 heavy (non-hydrogen) atoms. The monoisotopic (exact) mass is 460 g/mol. The molecule has 1 saturated carbocycles. The van der Waals surface area contributed by atoms with E-state index in [0.717, 1.165) is 56.6 Å². The van der Waals surface area contributed by atoms with Gasteiger partial charge in [-0.05, 0) is 60.2 Å². The number of hydrogen-bond donors (Lipinski definition) is 3. The lowest BCUT2D eigenvalue weighted by atomic mass is 9.73. The Morgan fingerprint density at radius 1 is 1.15 bits per heavy atom. The van der Waals surface area contributed by atoms with Crippen molar-refractivity contribution < 1.29 is 0 Å². The molecule has 2 aliphatic carbocycles. The highest BCUT2D eigenvalue weighted by atomic mass is 32.1. The van der Waals surface area contributed by atoms with Gasteiger partial charge in [0, 0.05) is 24.5 Å². The van der Waals surface area contributed by atoms with Crippen LogP contribution < -0.4 is 16.2 Å². The summed E-state index contributed by atoms with van der Waals surface area (Å²) in [5.41, 5.74) is 11.2. The molecule has 0 amide bonds. The van der Waals surface area contributed by atoms with E-state index in [0.29, 0.717) is 17.0 Å². The molecule has 1 atom stereocenters. The number of aromatic amines is 2. The molecular formula is C23H24N8OS. The van der Waals surface area contributed by atoms with Gasteiger partial charge in [0.15, 0.2) is 5.65 Å². The van der Waals surface area contributed by atoms with Crippen LogP contribution in [-0.2, 0) is 11.8 Å². The van der Waals surface area contributed by atoms with E-state index in [2.05, 4.69) is 53.9 Å². The predicted octanol–water partition coefficient (Wildman–Crippen LogP) is 2.42. The van der Waals surface area contributed by atoms with E-state index < -0.39 is 0 Å². The predicted molar refractivity (Wildman–Crippen MR) is 125 cm³/mol. The summed E-state index contributed by atoms with van der Waals surface area (Å²) in [6.45, 7) is 1.62. The summed E-state index contributed by atoms with van der Waals surface area (Å²) in [6.07, 6.45) is 4.79. The van der Waals surface area contributed by atoms with Gasteiger partial charge in [0.1, 0.15) is 5.39 Å². The first-order valence-corrected chi connectivity index (χ1v) is 12.3. The molecule has 0 bridgehead atoms. The van der Waals surface area contributed by atoms with E-state index in [1.807, 2.05) is 5.38 Å². The molecule has 0 radical (unpaired) electrons. The Bertz CT molecular complexity index is 1410. The normalized spacial score (nSPS) is 22.7. The van der Waals surface area contributed by atoms with Crippen LogP contribution in [0.5, 0.6) is 0 Å². The lowest BCUT2D eigenvalue weighted by Crippen LogP contribution is -2.45. The Balaban J connectivity index is 1.17. The van der Waals surface area contributed by atoms with Crippen molar-refractivity contribution in [1.29, 1.82) is 0 Å². The van der Waals surface area contributed by atoms with Gasteiger partial charge in [0.25, 0.3) is 5.56 Å². The first kappa shape index (κ1) is 19.4. The van der Waals surface area contributed by atoms with E-state index in [-0.39, 0.29) is 22.4 Å². The van der Waals surface area contributed by atoms with Crippen LogP contribution in [0.1, 0.15) is 54.2 Å². The Labute approximate surface area is 193 Å². The van der Waals surface area contributed by atoms with E-state index in [4.69, 9.17) is 10.7 Å². The van der Waals surface area contributed by atoms with Crippen molar-refractivity contribution in [3.05, 3.63) is 62.5 Å². The van der Waals surface area contributed by atoms with Crippen molar-refractivity contribution in [3.8, 4) is 0 Å². The molecule has 7 rings (SSSR count). The number of hydrogen-bond acceptors (Lipinski definition) is 8. The zero-order chi connectivity index (χ0) is 22.2. The van der Waals surface area contributed by atoms with Crippen LogP contribution in [0.3, 0.4) is 0 Å². The van der Waals surface area contributed by atoms with Crippen LogP contribution in [-0.4, -0.2) is 42.8 Å². The summed E-state index contributed by atoms with van der Waals surface area (Å²) < 4.78 is 4.00. The van der Waals surface area contributed by atoms with Crippen LogP contribution >= 0.6 is 11.5 Å². The summed E-state index contributed by atoms with van der Waals surface area (Å²) >= 11 is 1.32. The average molecular weight is 461 g/mol. The van der Waals surface area contributed by atoms with Crippen LogP contribution in [0, 0.1) is 5.41 Å². The molecule has 0 unspecified atom stereocenters. The van der Waals surface area contributed by atoms with Crippen molar-refractivity contribution in [3.63, 3.8) is 0 Å². The molecule has 9 nitrogen and oxygen atoms in total. The lowest BCUT2D eigenvalue weighted by Gasteiger charge is -2.42. The fraction of sp³-hybridized carbons (Fsp3) is 0.435. The Morgan fingerprint density at radius 2 is 1.97 bits per heavy atom. The van der Waals surface area contributed by atoms with Crippen molar-refractivity contribution in [2.75, 3.05) is 18.0 Å². The fourth-order valence-corrected chi connectivity index (χ4v) is 6.56. The number of H-pyrrole nitrogens is 2. The van der Waals surface area contributed by atoms with Crippen LogP contribution in [0.15, 0.2) is 34.4 Å². The lowest BCUT2D eigenvalue weighted by molar-refractivity contribution is 0.187. The van der Waals surface area contributed by atoms with E-state index in [1.54, 1.807) is 0 Å². The van der Waals surface area contributed by atoms with Gasteiger partial charge in [-0.2, -0.15) is 10.1 Å². The summed E-state index contributed by atoms with van der Waals surface area (Å²) in [4.78, 5) is 23.1. The Hall–Kier alpha value is -3.11. The van der Waals surface area contributed by atoms with Crippen LogP contribution in [0.4, 0.5) is 5.95 Å². The van der Waals surface area contributed by atoms with E-state index in [1.165, 1.54) is 22.7 Å². The molecule has 1 saturated heterocycles. The molecule has 1 spiro atoms. The maximum Gasteiger partial charge on any atom is 0.263 e. The van der Waals surface area contributed by atoms with Crippen LogP contribution in [0.25, 0.3) is 11.0 Å². The van der Waals surface area contributed by atoms with Gasteiger partial charge in [0.05, 0.1) is 16.8 Å². The zero-order valence-corrected chi connectivity index (χ0v) is 18.9. The van der Waals surface area contributed by atoms with Crippen molar-refractivity contribution in [1.82, 2.24) is 29.8 Å². The van der Waals surface area contributed by atoms with Gasteiger partial charge in [-0.3, -0.25) is 14.9 Å². The maximum absolute atomic E-state index is 13.2. The number of nitrogens with one attached hydrogen (secondary N) is 2. The van der Waals surface area contributed by atoms with Gasteiger partial charge in [-0.15, -0.1) is 5.10 Å². The number of rotatable bonds is 3. The number of benzene rings is 1.